The molecule has 1 aromatic rings. The van der Waals surface area contributed by atoms with Crippen LogP contribution in [-0.4, -0.2) is 20.5 Å². The monoisotopic (exact) mass is 218 g/mol. The van der Waals surface area contributed by atoms with Gasteiger partial charge < -0.3 is 4.42 Å². The zero-order valence-corrected chi connectivity index (χ0v) is 8.41. The average molecular weight is 218 g/mol. The van der Waals surface area contributed by atoms with Gasteiger partial charge in [0.15, 0.2) is 12.0 Å². The summed E-state index contributed by atoms with van der Waals surface area (Å²) in [5.74, 6) is 0.371. The molecule has 1 rings (SSSR count). The van der Waals surface area contributed by atoms with Crippen LogP contribution >= 0.6 is 0 Å². The standard InChI is InChI=1S/C8H10O5S/c1-2-14(10,11)12-6-8-4-3-7(5-9)13-8/h3-5H,2,6H2,1H3. The van der Waals surface area contributed by atoms with Crippen LogP contribution in [-0.2, 0) is 20.9 Å². The van der Waals surface area contributed by atoms with Gasteiger partial charge in [-0.25, -0.2) is 0 Å². The second-order valence-corrected chi connectivity index (χ2v) is 4.46. The molecule has 5 nitrogen and oxygen atoms in total. The lowest BCUT2D eigenvalue weighted by Gasteiger charge is -1.99. The van der Waals surface area contributed by atoms with Crippen LogP contribution in [0.1, 0.15) is 23.2 Å². The van der Waals surface area contributed by atoms with Gasteiger partial charge >= 0.3 is 0 Å². The van der Waals surface area contributed by atoms with Crippen LogP contribution < -0.4 is 0 Å². The van der Waals surface area contributed by atoms with Crippen molar-refractivity contribution in [2.24, 2.45) is 0 Å². The quantitative estimate of drug-likeness (QED) is 0.543. The molecule has 0 unspecified atom stereocenters. The summed E-state index contributed by atoms with van der Waals surface area (Å²) in [5, 5.41) is 0. The van der Waals surface area contributed by atoms with Crippen LogP contribution in [0, 0.1) is 0 Å². The van der Waals surface area contributed by atoms with Gasteiger partial charge in [0.1, 0.15) is 12.4 Å². The Labute approximate surface area is 81.8 Å². The molecule has 6 heteroatoms. The van der Waals surface area contributed by atoms with E-state index in [1.165, 1.54) is 19.1 Å². The Kier molecular flexibility index (Phi) is 3.43. The summed E-state index contributed by atoms with van der Waals surface area (Å²) in [6.45, 7) is 1.30. The van der Waals surface area contributed by atoms with Crippen LogP contribution in [0.2, 0.25) is 0 Å². The fourth-order valence-electron chi connectivity index (χ4n) is 0.767. The van der Waals surface area contributed by atoms with E-state index in [9.17, 15) is 13.2 Å². The second-order valence-electron chi connectivity index (χ2n) is 2.53. The van der Waals surface area contributed by atoms with Gasteiger partial charge in [0.05, 0.1) is 5.75 Å². The van der Waals surface area contributed by atoms with Crippen LogP contribution in [0.25, 0.3) is 0 Å². The SMILES string of the molecule is CCS(=O)(=O)OCc1ccc(C=O)o1. The molecule has 0 aromatic carbocycles. The minimum Gasteiger partial charge on any atom is -0.456 e. The second kappa shape index (κ2) is 4.39. The van der Waals surface area contributed by atoms with Crippen LogP contribution in [0.3, 0.4) is 0 Å². The molecule has 0 aliphatic heterocycles. The van der Waals surface area contributed by atoms with Crippen molar-refractivity contribution >= 4 is 16.4 Å². The van der Waals surface area contributed by atoms with Crippen LogP contribution in [0.15, 0.2) is 16.5 Å². The molecule has 0 N–H and O–H groups in total. The molecule has 14 heavy (non-hydrogen) atoms. The Bertz CT molecular complexity index is 403. The van der Waals surface area contributed by atoms with Crippen molar-refractivity contribution in [3.63, 3.8) is 0 Å². The van der Waals surface area contributed by atoms with E-state index in [0.717, 1.165) is 0 Å². The van der Waals surface area contributed by atoms with Gasteiger partial charge in [0.25, 0.3) is 10.1 Å². The van der Waals surface area contributed by atoms with E-state index in [1.807, 2.05) is 0 Å². The molecule has 0 saturated heterocycles. The first-order valence-corrected chi connectivity index (χ1v) is 5.56. The molecule has 1 aromatic heterocycles. The molecule has 78 valence electrons. The molecule has 0 aliphatic rings. The smallest absolute Gasteiger partial charge is 0.267 e. The van der Waals surface area contributed by atoms with Gasteiger partial charge in [-0.2, -0.15) is 8.42 Å². The first-order valence-electron chi connectivity index (χ1n) is 3.98. The summed E-state index contributed by atoms with van der Waals surface area (Å²) in [6.07, 6.45) is 0.540. The molecular formula is C8H10O5S. The largest absolute Gasteiger partial charge is 0.456 e. The van der Waals surface area contributed by atoms with Gasteiger partial charge in [-0.3, -0.25) is 8.98 Å². The highest BCUT2D eigenvalue weighted by atomic mass is 32.2. The molecule has 0 aliphatic carbocycles. The Morgan fingerprint density at radius 1 is 1.50 bits per heavy atom. The third-order valence-electron chi connectivity index (χ3n) is 1.53. The number of carbonyl (C=O) groups excluding carboxylic acids is 1. The molecular weight excluding hydrogens is 208 g/mol. The Morgan fingerprint density at radius 2 is 2.21 bits per heavy atom. The van der Waals surface area contributed by atoms with Gasteiger partial charge in [-0.05, 0) is 19.1 Å². The fourth-order valence-corrected chi connectivity index (χ4v) is 1.23. The van der Waals surface area contributed by atoms with Crippen molar-refractivity contribution < 1.29 is 21.8 Å². The van der Waals surface area contributed by atoms with E-state index in [0.29, 0.717) is 12.0 Å². The molecule has 0 fully saturated rings. The first kappa shape index (κ1) is 10.9. The highest BCUT2D eigenvalue weighted by Gasteiger charge is 2.09. The van der Waals surface area contributed by atoms with Gasteiger partial charge in [0.2, 0.25) is 0 Å². The highest BCUT2D eigenvalue weighted by molar-refractivity contribution is 7.86. The van der Waals surface area contributed by atoms with Crippen molar-refractivity contribution in [3.8, 4) is 0 Å². The normalized spacial score (nSPS) is 11.5. The number of aldehydes is 1. The molecule has 0 spiro atoms. The summed E-state index contributed by atoms with van der Waals surface area (Å²) in [6, 6.07) is 2.94. The summed E-state index contributed by atoms with van der Waals surface area (Å²) in [4.78, 5) is 10.2. The minimum atomic E-state index is -3.46. The maximum atomic E-state index is 10.9. The summed E-state index contributed by atoms with van der Waals surface area (Å²) in [5.41, 5.74) is 0. The Hall–Kier alpha value is -1.14. The third-order valence-corrected chi connectivity index (χ3v) is 2.72. The van der Waals surface area contributed by atoms with Crippen LogP contribution in [0.5, 0.6) is 0 Å². The fraction of sp³-hybridized carbons (Fsp3) is 0.375. The van der Waals surface area contributed by atoms with Gasteiger partial charge in [-0.1, -0.05) is 0 Å². The summed E-state index contributed by atoms with van der Waals surface area (Å²) in [7, 11) is -3.46. The van der Waals surface area contributed by atoms with E-state index < -0.39 is 10.1 Å². The van der Waals surface area contributed by atoms with E-state index >= 15 is 0 Å². The van der Waals surface area contributed by atoms with Gasteiger partial charge in [0, 0.05) is 0 Å². The average Bonchev–Trinajstić information content (AvgIpc) is 2.63. The highest BCUT2D eigenvalue weighted by Crippen LogP contribution is 2.08. The predicted octanol–water partition coefficient (Wildman–Crippen LogP) is 0.958. The molecule has 1 heterocycles. The molecule has 0 radical (unpaired) electrons. The maximum absolute atomic E-state index is 10.9. The predicted molar refractivity (Wildman–Crippen MR) is 48.3 cm³/mol. The summed E-state index contributed by atoms with van der Waals surface area (Å²) >= 11 is 0. The zero-order valence-electron chi connectivity index (χ0n) is 7.60. The van der Waals surface area contributed by atoms with E-state index in [2.05, 4.69) is 4.18 Å². The first-order chi connectivity index (χ1) is 6.57. The zero-order chi connectivity index (χ0) is 10.6. The van der Waals surface area contributed by atoms with Crippen molar-refractivity contribution in [3.05, 3.63) is 23.7 Å². The Balaban J connectivity index is 2.58. The van der Waals surface area contributed by atoms with E-state index in [1.54, 1.807) is 0 Å². The molecule has 0 bridgehead atoms. The number of hydrogen-bond acceptors (Lipinski definition) is 5. The van der Waals surface area contributed by atoms with Crippen molar-refractivity contribution in [1.82, 2.24) is 0 Å². The lowest BCUT2D eigenvalue weighted by atomic mass is 10.4. The molecule has 0 saturated carbocycles. The maximum Gasteiger partial charge on any atom is 0.267 e. The Morgan fingerprint density at radius 3 is 2.71 bits per heavy atom. The number of hydrogen-bond donors (Lipinski definition) is 0. The lowest BCUT2D eigenvalue weighted by molar-refractivity contribution is 0.109. The number of furan rings is 1. The third kappa shape index (κ3) is 2.97. The summed E-state index contributed by atoms with van der Waals surface area (Å²) < 4.78 is 31.3. The van der Waals surface area contributed by atoms with Crippen molar-refractivity contribution in [2.75, 3.05) is 5.75 Å². The number of carbonyl (C=O) groups is 1. The minimum absolute atomic E-state index is 0.0890. The topological polar surface area (TPSA) is 73.6 Å². The molecule has 0 amide bonds. The van der Waals surface area contributed by atoms with E-state index in [4.69, 9.17) is 4.42 Å². The van der Waals surface area contributed by atoms with E-state index in [-0.39, 0.29) is 18.1 Å². The van der Waals surface area contributed by atoms with Gasteiger partial charge in [-0.15, -0.1) is 0 Å². The van der Waals surface area contributed by atoms with Crippen molar-refractivity contribution in [1.29, 1.82) is 0 Å². The number of rotatable bonds is 5. The van der Waals surface area contributed by atoms with Crippen LogP contribution in [0.4, 0.5) is 0 Å². The van der Waals surface area contributed by atoms with Crippen molar-refractivity contribution in [2.45, 2.75) is 13.5 Å². The lowest BCUT2D eigenvalue weighted by Crippen LogP contribution is -2.07. The molecule has 0 atom stereocenters.